The number of ether oxygens (including phenoxy) is 2. The molecule has 1 aromatic carbocycles. The Hall–Kier alpha value is -1.84. The molecule has 0 aromatic heterocycles. The van der Waals surface area contributed by atoms with Gasteiger partial charge in [-0.2, -0.15) is 0 Å². The first kappa shape index (κ1) is 17.5. The molecule has 0 bridgehead atoms. The normalized spacial score (nSPS) is 15.2. The van der Waals surface area contributed by atoms with Gasteiger partial charge in [-0.05, 0) is 31.4 Å². The highest BCUT2D eigenvalue weighted by Crippen LogP contribution is 2.27. The molecule has 0 heterocycles. The fourth-order valence-corrected chi connectivity index (χ4v) is 2.84. The van der Waals surface area contributed by atoms with Crippen LogP contribution in [0.3, 0.4) is 0 Å². The van der Waals surface area contributed by atoms with Crippen molar-refractivity contribution in [2.24, 2.45) is 5.92 Å². The molecule has 0 spiro atoms. The zero-order chi connectivity index (χ0) is 16.5. The maximum Gasteiger partial charge on any atom is 0.314 e. The van der Waals surface area contributed by atoms with Gasteiger partial charge in [0.2, 0.25) is 0 Å². The number of unbranched alkanes of at least 4 members (excludes halogenated alkanes) is 2. The summed E-state index contributed by atoms with van der Waals surface area (Å²) in [6.45, 7) is 2.09. The average Bonchev–Trinajstić information content (AvgIpc) is 2.56. The van der Waals surface area contributed by atoms with E-state index in [0.717, 1.165) is 44.9 Å². The Morgan fingerprint density at radius 2 is 1.74 bits per heavy atom. The molecule has 2 rings (SSSR count). The van der Waals surface area contributed by atoms with Gasteiger partial charge in [-0.25, -0.2) is 0 Å². The second-order valence-electron chi connectivity index (χ2n) is 6.16. The van der Waals surface area contributed by atoms with Crippen molar-refractivity contribution in [1.82, 2.24) is 0 Å². The Morgan fingerprint density at radius 1 is 1.04 bits per heavy atom. The lowest BCUT2D eigenvalue weighted by atomic mass is 9.89. The first-order valence-electron chi connectivity index (χ1n) is 8.71. The number of rotatable bonds is 7. The smallest absolute Gasteiger partial charge is 0.314 e. The predicted molar refractivity (Wildman–Crippen MR) is 88.4 cm³/mol. The molecular weight excluding hydrogens is 292 g/mol. The first-order valence-corrected chi connectivity index (χ1v) is 8.71. The second-order valence-corrected chi connectivity index (χ2v) is 6.16. The molecule has 0 radical (unpaired) electrons. The summed E-state index contributed by atoms with van der Waals surface area (Å²) in [6, 6.07) is 6.77. The van der Waals surface area contributed by atoms with Gasteiger partial charge in [0.25, 0.3) is 0 Å². The van der Waals surface area contributed by atoms with Crippen LogP contribution in [-0.4, -0.2) is 11.9 Å². The standard InChI is InChI=1S/C19H26O4/c1-2-3-5-13-18(20)22-16-11-8-12-17(14-16)23-19(21)15-9-6-4-7-10-15/h8,11-12,14-15H,2-7,9-10,13H2,1H3. The van der Waals surface area contributed by atoms with Gasteiger partial charge in [0.1, 0.15) is 11.5 Å². The lowest BCUT2D eigenvalue weighted by Crippen LogP contribution is -2.22. The first-order chi connectivity index (χ1) is 11.2. The molecule has 0 aliphatic heterocycles. The topological polar surface area (TPSA) is 52.6 Å². The van der Waals surface area contributed by atoms with Crippen LogP contribution in [0.5, 0.6) is 11.5 Å². The molecule has 4 heteroatoms. The number of hydrogen-bond donors (Lipinski definition) is 0. The van der Waals surface area contributed by atoms with Crippen molar-refractivity contribution < 1.29 is 19.1 Å². The van der Waals surface area contributed by atoms with Crippen LogP contribution in [0, 0.1) is 5.92 Å². The maximum absolute atomic E-state index is 12.1. The van der Waals surface area contributed by atoms with E-state index in [1.165, 1.54) is 6.42 Å². The molecule has 1 aromatic rings. The van der Waals surface area contributed by atoms with Gasteiger partial charge in [0.15, 0.2) is 0 Å². The van der Waals surface area contributed by atoms with E-state index in [9.17, 15) is 9.59 Å². The molecule has 23 heavy (non-hydrogen) atoms. The Morgan fingerprint density at radius 3 is 2.43 bits per heavy atom. The zero-order valence-corrected chi connectivity index (χ0v) is 13.9. The third-order valence-electron chi connectivity index (χ3n) is 4.18. The van der Waals surface area contributed by atoms with Crippen LogP contribution in [0.15, 0.2) is 24.3 Å². The molecule has 1 aliphatic carbocycles. The van der Waals surface area contributed by atoms with Crippen LogP contribution in [0.4, 0.5) is 0 Å². The molecule has 1 saturated carbocycles. The summed E-state index contributed by atoms with van der Waals surface area (Å²) < 4.78 is 10.7. The van der Waals surface area contributed by atoms with Gasteiger partial charge in [-0.1, -0.05) is 45.1 Å². The van der Waals surface area contributed by atoms with Gasteiger partial charge in [-0.15, -0.1) is 0 Å². The van der Waals surface area contributed by atoms with Gasteiger partial charge in [0.05, 0.1) is 5.92 Å². The molecule has 4 nitrogen and oxygen atoms in total. The maximum atomic E-state index is 12.1. The van der Waals surface area contributed by atoms with Crippen LogP contribution in [0.2, 0.25) is 0 Å². The summed E-state index contributed by atoms with van der Waals surface area (Å²) in [6.07, 6.45) is 8.55. The number of hydrogen-bond acceptors (Lipinski definition) is 4. The quantitative estimate of drug-likeness (QED) is 0.417. The molecular formula is C19H26O4. The Labute approximate surface area is 138 Å². The van der Waals surface area contributed by atoms with Gasteiger partial charge < -0.3 is 9.47 Å². The Bertz CT molecular complexity index is 518. The third-order valence-corrected chi connectivity index (χ3v) is 4.18. The van der Waals surface area contributed by atoms with Crippen molar-refractivity contribution in [2.75, 3.05) is 0 Å². The van der Waals surface area contributed by atoms with Crippen molar-refractivity contribution >= 4 is 11.9 Å². The van der Waals surface area contributed by atoms with Crippen molar-refractivity contribution in [3.8, 4) is 11.5 Å². The van der Waals surface area contributed by atoms with E-state index in [-0.39, 0.29) is 17.9 Å². The van der Waals surface area contributed by atoms with E-state index in [1.807, 2.05) is 0 Å². The van der Waals surface area contributed by atoms with Crippen molar-refractivity contribution in [3.05, 3.63) is 24.3 Å². The fraction of sp³-hybridized carbons (Fsp3) is 0.579. The van der Waals surface area contributed by atoms with E-state index >= 15 is 0 Å². The Balaban J connectivity index is 1.86. The summed E-state index contributed by atoms with van der Waals surface area (Å²) in [5.41, 5.74) is 0. The van der Waals surface area contributed by atoms with Crippen LogP contribution >= 0.6 is 0 Å². The van der Waals surface area contributed by atoms with Crippen LogP contribution in [0.25, 0.3) is 0 Å². The molecule has 0 atom stereocenters. The predicted octanol–water partition coefficient (Wildman–Crippen LogP) is 4.66. The highest BCUT2D eigenvalue weighted by molar-refractivity contribution is 5.75. The average molecular weight is 318 g/mol. The summed E-state index contributed by atoms with van der Waals surface area (Å²) >= 11 is 0. The monoisotopic (exact) mass is 318 g/mol. The van der Waals surface area contributed by atoms with E-state index in [1.54, 1.807) is 24.3 Å². The number of carbonyl (C=O) groups excluding carboxylic acids is 2. The van der Waals surface area contributed by atoms with Crippen molar-refractivity contribution in [3.63, 3.8) is 0 Å². The van der Waals surface area contributed by atoms with Gasteiger partial charge in [-0.3, -0.25) is 9.59 Å². The van der Waals surface area contributed by atoms with Crippen molar-refractivity contribution in [2.45, 2.75) is 64.7 Å². The molecule has 0 N–H and O–H groups in total. The van der Waals surface area contributed by atoms with E-state index in [4.69, 9.17) is 9.47 Å². The SMILES string of the molecule is CCCCCC(=O)Oc1cccc(OC(=O)C2CCCCC2)c1. The van der Waals surface area contributed by atoms with Gasteiger partial charge in [0, 0.05) is 12.5 Å². The zero-order valence-electron chi connectivity index (χ0n) is 13.9. The minimum absolute atomic E-state index is 0.00370. The van der Waals surface area contributed by atoms with Crippen LogP contribution in [-0.2, 0) is 9.59 Å². The fourth-order valence-electron chi connectivity index (χ4n) is 2.84. The largest absolute Gasteiger partial charge is 0.426 e. The van der Waals surface area contributed by atoms with Crippen molar-refractivity contribution in [1.29, 1.82) is 0 Å². The summed E-state index contributed by atoms with van der Waals surface area (Å²) in [4.78, 5) is 23.9. The number of esters is 2. The second kappa shape index (κ2) is 9.33. The highest BCUT2D eigenvalue weighted by Gasteiger charge is 2.23. The molecule has 126 valence electrons. The third kappa shape index (κ3) is 6.05. The number of benzene rings is 1. The van der Waals surface area contributed by atoms with Crippen LogP contribution < -0.4 is 9.47 Å². The molecule has 1 fully saturated rings. The summed E-state index contributed by atoms with van der Waals surface area (Å²) in [5.74, 6) is 0.467. The molecule has 0 amide bonds. The summed E-state index contributed by atoms with van der Waals surface area (Å²) in [5, 5.41) is 0. The summed E-state index contributed by atoms with van der Waals surface area (Å²) in [7, 11) is 0. The Kier molecular flexibility index (Phi) is 7.11. The number of carbonyl (C=O) groups is 2. The van der Waals surface area contributed by atoms with Gasteiger partial charge >= 0.3 is 11.9 Å². The van der Waals surface area contributed by atoms with E-state index in [2.05, 4.69) is 6.92 Å². The molecule has 0 unspecified atom stereocenters. The lowest BCUT2D eigenvalue weighted by molar-refractivity contribution is -0.140. The minimum Gasteiger partial charge on any atom is -0.426 e. The van der Waals surface area contributed by atoms with Crippen LogP contribution in [0.1, 0.15) is 64.7 Å². The van der Waals surface area contributed by atoms with E-state index < -0.39 is 0 Å². The molecule has 1 aliphatic rings. The lowest BCUT2D eigenvalue weighted by Gasteiger charge is -2.19. The van der Waals surface area contributed by atoms with E-state index in [0.29, 0.717) is 17.9 Å². The molecule has 0 saturated heterocycles. The minimum atomic E-state index is -0.241. The highest BCUT2D eigenvalue weighted by atomic mass is 16.5.